The fourth-order valence-corrected chi connectivity index (χ4v) is 1.42. The standard InChI is InChI=1S/C8H10ClN5/c1-5-12-6(9)4-7(13-5)14-8-10-2-3-11-8/h4H,2-3H2,1H3,(H2,10,11,12,13,14). The van der Waals surface area contributed by atoms with E-state index in [2.05, 4.69) is 25.6 Å². The number of nitrogens with zero attached hydrogens (tertiary/aromatic N) is 3. The number of hydrogen-bond donors (Lipinski definition) is 2. The molecule has 2 N–H and O–H groups in total. The van der Waals surface area contributed by atoms with Crippen molar-refractivity contribution < 1.29 is 0 Å². The first-order valence-corrected chi connectivity index (χ1v) is 4.68. The average Bonchev–Trinajstić information content (AvgIpc) is 2.54. The first-order chi connectivity index (χ1) is 6.74. The molecule has 2 heterocycles. The summed E-state index contributed by atoms with van der Waals surface area (Å²) < 4.78 is 0. The van der Waals surface area contributed by atoms with E-state index in [1.807, 2.05) is 0 Å². The Bertz CT molecular complexity index is 356. The molecule has 1 aliphatic rings. The molecule has 1 aromatic heterocycles. The predicted molar refractivity (Wildman–Crippen MR) is 55.7 cm³/mol. The first kappa shape index (κ1) is 9.21. The molecule has 0 unspecified atom stereocenters. The van der Waals surface area contributed by atoms with E-state index in [1.165, 1.54) is 0 Å². The molecular weight excluding hydrogens is 202 g/mol. The summed E-state index contributed by atoms with van der Waals surface area (Å²) in [5.74, 6) is 2.04. The zero-order valence-corrected chi connectivity index (χ0v) is 8.47. The molecule has 0 fully saturated rings. The molecular formula is C8H10ClN5. The molecule has 0 atom stereocenters. The highest BCUT2D eigenvalue weighted by Gasteiger charge is 2.06. The van der Waals surface area contributed by atoms with Crippen LogP contribution in [0, 0.1) is 6.92 Å². The van der Waals surface area contributed by atoms with Gasteiger partial charge in [0.1, 0.15) is 16.8 Å². The maximum atomic E-state index is 5.78. The second kappa shape index (κ2) is 3.79. The first-order valence-electron chi connectivity index (χ1n) is 4.30. The normalized spacial score (nSPS) is 14.9. The van der Waals surface area contributed by atoms with E-state index in [0.29, 0.717) is 16.8 Å². The number of anilines is 1. The Hall–Kier alpha value is -1.36. The maximum Gasteiger partial charge on any atom is 0.197 e. The Morgan fingerprint density at radius 2 is 2.36 bits per heavy atom. The van der Waals surface area contributed by atoms with Crippen molar-refractivity contribution in [3.8, 4) is 0 Å². The summed E-state index contributed by atoms with van der Waals surface area (Å²) in [6.45, 7) is 3.45. The van der Waals surface area contributed by atoms with Crippen LogP contribution in [-0.2, 0) is 0 Å². The van der Waals surface area contributed by atoms with Gasteiger partial charge in [-0.2, -0.15) is 0 Å². The monoisotopic (exact) mass is 211 g/mol. The van der Waals surface area contributed by atoms with E-state index in [-0.39, 0.29) is 0 Å². The van der Waals surface area contributed by atoms with Crippen LogP contribution in [0.3, 0.4) is 0 Å². The predicted octanol–water partition coefficient (Wildman–Crippen LogP) is 0.810. The van der Waals surface area contributed by atoms with E-state index >= 15 is 0 Å². The van der Waals surface area contributed by atoms with E-state index in [9.17, 15) is 0 Å². The Labute approximate surface area is 86.6 Å². The summed E-state index contributed by atoms with van der Waals surface area (Å²) in [7, 11) is 0. The van der Waals surface area contributed by atoms with Crippen LogP contribution in [-0.4, -0.2) is 29.0 Å². The number of aliphatic imine (C=N–C) groups is 1. The van der Waals surface area contributed by atoms with Gasteiger partial charge < -0.3 is 10.6 Å². The lowest BCUT2D eigenvalue weighted by Gasteiger charge is -2.05. The smallest absolute Gasteiger partial charge is 0.197 e. The van der Waals surface area contributed by atoms with Crippen LogP contribution in [0.1, 0.15) is 5.82 Å². The van der Waals surface area contributed by atoms with Crippen LogP contribution in [0.5, 0.6) is 0 Å². The Morgan fingerprint density at radius 1 is 1.50 bits per heavy atom. The van der Waals surface area contributed by atoms with Gasteiger partial charge in [0.2, 0.25) is 0 Å². The van der Waals surface area contributed by atoms with Gasteiger partial charge in [-0.1, -0.05) is 11.6 Å². The second-order valence-corrected chi connectivity index (χ2v) is 3.29. The van der Waals surface area contributed by atoms with Gasteiger partial charge in [0, 0.05) is 12.6 Å². The van der Waals surface area contributed by atoms with Gasteiger partial charge in [-0.25, -0.2) is 9.97 Å². The van der Waals surface area contributed by atoms with Gasteiger partial charge in [-0.3, -0.25) is 4.99 Å². The second-order valence-electron chi connectivity index (χ2n) is 2.91. The molecule has 6 heteroatoms. The Morgan fingerprint density at radius 3 is 3.00 bits per heavy atom. The fourth-order valence-electron chi connectivity index (χ4n) is 1.20. The van der Waals surface area contributed by atoms with Crippen LogP contribution in [0.15, 0.2) is 11.1 Å². The third-order valence-corrected chi connectivity index (χ3v) is 1.92. The maximum absolute atomic E-state index is 5.78. The van der Waals surface area contributed by atoms with Crippen LogP contribution >= 0.6 is 11.6 Å². The molecule has 1 aromatic rings. The highest BCUT2D eigenvalue weighted by Crippen LogP contribution is 2.10. The highest BCUT2D eigenvalue weighted by molar-refractivity contribution is 6.29. The quantitative estimate of drug-likeness (QED) is 0.675. The van der Waals surface area contributed by atoms with Crippen LogP contribution < -0.4 is 10.6 Å². The Balaban J connectivity index is 2.15. The lowest BCUT2D eigenvalue weighted by molar-refractivity contribution is 0.958. The zero-order valence-electron chi connectivity index (χ0n) is 7.71. The van der Waals surface area contributed by atoms with Crippen molar-refractivity contribution in [3.63, 3.8) is 0 Å². The minimum atomic E-state index is 0.429. The van der Waals surface area contributed by atoms with Gasteiger partial charge in [-0.05, 0) is 6.92 Å². The summed E-state index contributed by atoms with van der Waals surface area (Å²) >= 11 is 5.78. The van der Waals surface area contributed by atoms with Gasteiger partial charge in [0.05, 0.1) is 6.54 Å². The van der Waals surface area contributed by atoms with Crippen LogP contribution in [0.25, 0.3) is 0 Å². The number of rotatable bonds is 1. The molecule has 0 spiro atoms. The van der Waals surface area contributed by atoms with Crippen molar-refractivity contribution in [1.82, 2.24) is 15.3 Å². The molecule has 14 heavy (non-hydrogen) atoms. The van der Waals surface area contributed by atoms with Gasteiger partial charge >= 0.3 is 0 Å². The molecule has 0 radical (unpaired) electrons. The molecule has 0 aromatic carbocycles. The highest BCUT2D eigenvalue weighted by atomic mass is 35.5. The Kier molecular flexibility index (Phi) is 2.49. The van der Waals surface area contributed by atoms with E-state index < -0.39 is 0 Å². The van der Waals surface area contributed by atoms with Crippen molar-refractivity contribution in [1.29, 1.82) is 0 Å². The lowest BCUT2D eigenvalue weighted by atomic mass is 10.5. The minimum absolute atomic E-state index is 0.429. The van der Waals surface area contributed by atoms with Gasteiger partial charge in [-0.15, -0.1) is 0 Å². The molecule has 74 valence electrons. The topological polar surface area (TPSA) is 62.2 Å². The number of aryl methyl sites for hydroxylation is 1. The van der Waals surface area contributed by atoms with Crippen molar-refractivity contribution in [2.75, 3.05) is 18.4 Å². The summed E-state index contributed by atoms with van der Waals surface area (Å²) in [6, 6.07) is 1.66. The zero-order chi connectivity index (χ0) is 9.97. The molecule has 2 rings (SSSR count). The number of halogens is 1. The molecule has 0 bridgehead atoms. The SMILES string of the molecule is Cc1nc(Cl)cc(NC2=NCCN2)n1. The number of hydrogen-bond acceptors (Lipinski definition) is 5. The van der Waals surface area contributed by atoms with E-state index in [1.54, 1.807) is 13.0 Å². The van der Waals surface area contributed by atoms with E-state index in [4.69, 9.17) is 11.6 Å². The molecule has 0 saturated heterocycles. The molecule has 0 saturated carbocycles. The lowest BCUT2D eigenvalue weighted by Crippen LogP contribution is -2.26. The number of guanidine groups is 1. The van der Waals surface area contributed by atoms with Crippen molar-refractivity contribution in [2.24, 2.45) is 4.99 Å². The van der Waals surface area contributed by atoms with Crippen LogP contribution in [0.2, 0.25) is 5.15 Å². The molecule has 0 aliphatic carbocycles. The minimum Gasteiger partial charge on any atom is -0.354 e. The number of nitrogens with one attached hydrogen (secondary N) is 2. The van der Waals surface area contributed by atoms with Crippen LogP contribution in [0.4, 0.5) is 5.82 Å². The summed E-state index contributed by atoms with van der Waals surface area (Å²) in [6.07, 6.45) is 0. The third kappa shape index (κ3) is 2.11. The summed E-state index contributed by atoms with van der Waals surface area (Å²) in [5, 5.41) is 6.53. The van der Waals surface area contributed by atoms with Crippen molar-refractivity contribution in [3.05, 3.63) is 17.0 Å². The van der Waals surface area contributed by atoms with Gasteiger partial charge in [0.15, 0.2) is 5.96 Å². The molecule has 5 nitrogen and oxygen atoms in total. The van der Waals surface area contributed by atoms with Crippen molar-refractivity contribution >= 4 is 23.4 Å². The molecule has 1 aliphatic heterocycles. The number of aromatic nitrogens is 2. The average molecular weight is 212 g/mol. The van der Waals surface area contributed by atoms with Gasteiger partial charge in [0.25, 0.3) is 0 Å². The van der Waals surface area contributed by atoms with Crippen molar-refractivity contribution in [2.45, 2.75) is 6.92 Å². The summed E-state index contributed by atoms with van der Waals surface area (Å²) in [5.41, 5.74) is 0. The van der Waals surface area contributed by atoms with E-state index in [0.717, 1.165) is 19.0 Å². The third-order valence-electron chi connectivity index (χ3n) is 1.73. The largest absolute Gasteiger partial charge is 0.354 e. The fraction of sp³-hybridized carbons (Fsp3) is 0.375. The molecule has 0 amide bonds. The summed E-state index contributed by atoms with van der Waals surface area (Å²) in [4.78, 5) is 12.3.